The van der Waals surface area contributed by atoms with Gasteiger partial charge in [0.2, 0.25) is 0 Å². The van der Waals surface area contributed by atoms with Crippen molar-refractivity contribution in [3.63, 3.8) is 0 Å². The fourth-order valence-corrected chi connectivity index (χ4v) is 5.27. The maximum atomic E-state index is 13.5. The maximum absolute atomic E-state index is 13.5. The van der Waals surface area contributed by atoms with E-state index in [4.69, 9.17) is 0 Å². The van der Waals surface area contributed by atoms with Crippen molar-refractivity contribution < 1.29 is 18.0 Å². The van der Waals surface area contributed by atoms with E-state index < -0.39 is 17.4 Å². The number of hydrogen-bond donors (Lipinski definition) is 1. The Bertz CT molecular complexity index is 1190. The number of anilines is 1. The zero-order chi connectivity index (χ0) is 23.4. The number of likely N-dealkylation sites (N-methyl/N-ethyl adjacent to an activating group) is 1. The molecule has 1 fully saturated rings. The average Bonchev–Trinajstić information content (AvgIpc) is 3.42. The zero-order valence-corrected chi connectivity index (χ0v) is 18.6. The SMILES string of the molecule is CCNc1ccnc2c(C(=O)N3CCC4(CC3)c3ccc(C(F)(F)F)n3CCN4C)cnn12. The van der Waals surface area contributed by atoms with Gasteiger partial charge >= 0.3 is 6.18 Å². The van der Waals surface area contributed by atoms with Gasteiger partial charge < -0.3 is 14.8 Å². The second-order valence-corrected chi connectivity index (χ2v) is 8.65. The van der Waals surface area contributed by atoms with E-state index in [0.29, 0.717) is 62.5 Å². The molecule has 0 radical (unpaired) electrons. The zero-order valence-electron chi connectivity index (χ0n) is 18.6. The van der Waals surface area contributed by atoms with Crippen LogP contribution in [0.1, 0.15) is 41.5 Å². The van der Waals surface area contributed by atoms with Gasteiger partial charge in [-0.1, -0.05) is 0 Å². The molecule has 8 nitrogen and oxygen atoms in total. The minimum atomic E-state index is -4.38. The number of alkyl halides is 3. The van der Waals surface area contributed by atoms with Crippen LogP contribution in [0.4, 0.5) is 19.0 Å². The topological polar surface area (TPSA) is 70.7 Å². The minimum absolute atomic E-state index is 0.161. The summed E-state index contributed by atoms with van der Waals surface area (Å²) in [6.07, 6.45) is -0.0879. The second kappa shape index (κ2) is 7.75. The molecule has 0 aliphatic carbocycles. The number of carbonyl (C=O) groups is 1. The van der Waals surface area contributed by atoms with E-state index in [0.717, 1.165) is 5.82 Å². The number of nitrogens with one attached hydrogen (secondary N) is 1. The number of amides is 1. The Labute approximate surface area is 189 Å². The van der Waals surface area contributed by atoms with Gasteiger partial charge in [-0.2, -0.15) is 22.8 Å². The lowest BCUT2D eigenvalue weighted by Crippen LogP contribution is -2.56. The summed E-state index contributed by atoms with van der Waals surface area (Å²) in [6.45, 7) is 4.41. The number of hydrogen-bond acceptors (Lipinski definition) is 5. The molecule has 0 bridgehead atoms. The van der Waals surface area contributed by atoms with E-state index in [1.807, 2.05) is 14.0 Å². The summed E-state index contributed by atoms with van der Waals surface area (Å²) < 4.78 is 43.5. The summed E-state index contributed by atoms with van der Waals surface area (Å²) in [5.74, 6) is 0.593. The van der Waals surface area contributed by atoms with Crippen LogP contribution >= 0.6 is 0 Å². The monoisotopic (exact) mass is 461 g/mol. The number of fused-ring (bicyclic) bond motifs is 3. The fraction of sp³-hybridized carbons (Fsp3) is 0.500. The van der Waals surface area contributed by atoms with Crippen molar-refractivity contribution in [2.75, 3.05) is 38.5 Å². The molecule has 3 aromatic heterocycles. The highest BCUT2D eigenvalue weighted by Gasteiger charge is 2.47. The normalized spacial score (nSPS) is 18.6. The number of aromatic nitrogens is 4. The van der Waals surface area contributed by atoms with Gasteiger partial charge in [0.25, 0.3) is 5.91 Å². The molecule has 3 aromatic rings. The van der Waals surface area contributed by atoms with E-state index in [1.54, 1.807) is 27.7 Å². The molecule has 0 saturated carbocycles. The molecule has 0 aromatic carbocycles. The van der Waals surface area contributed by atoms with Gasteiger partial charge in [0.15, 0.2) is 5.65 Å². The molecule has 5 heterocycles. The molecule has 11 heteroatoms. The number of rotatable bonds is 3. The first kappa shape index (κ1) is 21.7. The lowest BCUT2D eigenvalue weighted by molar-refractivity contribution is -0.144. The van der Waals surface area contributed by atoms with Crippen LogP contribution in [0, 0.1) is 0 Å². The minimum Gasteiger partial charge on any atom is -0.370 e. The van der Waals surface area contributed by atoms with Gasteiger partial charge in [-0.15, -0.1) is 0 Å². The first-order valence-electron chi connectivity index (χ1n) is 11.1. The van der Waals surface area contributed by atoms with E-state index >= 15 is 0 Å². The van der Waals surface area contributed by atoms with Crippen LogP contribution in [0.15, 0.2) is 30.6 Å². The van der Waals surface area contributed by atoms with E-state index in [1.165, 1.54) is 16.8 Å². The van der Waals surface area contributed by atoms with Gasteiger partial charge in [0.05, 0.1) is 11.7 Å². The first-order valence-corrected chi connectivity index (χ1v) is 11.1. The molecule has 1 spiro atoms. The quantitative estimate of drug-likeness (QED) is 0.649. The summed E-state index contributed by atoms with van der Waals surface area (Å²) in [7, 11) is 1.96. The number of halogens is 3. The molecule has 2 aliphatic heterocycles. The van der Waals surface area contributed by atoms with Crippen molar-refractivity contribution in [1.29, 1.82) is 0 Å². The molecule has 176 valence electrons. The van der Waals surface area contributed by atoms with Crippen molar-refractivity contribution in [2.24, 2.45) is 0 Å². The Morgan fingerprint density at radius 1 is 1.15 bits per heavy atom. The molecular formula is C22H26F3N7O. The van der Waals surface area contributed by atoms with Crippen LogP contribution in [0.5, 0.6) is 0 Å². The number of nitrogens with zero attached hydrogens (tertiary/aromatic N) is 6. The standard InChI is InChI=1S/C22H26F3N7O/c1-3-26-18-6-9-27-19-15(14-28-32(18)19)20(33)30-10-7-21(8-11-30)16-4-5-17(22(23,24)25)31(16)13-12-29(21)2/h4-6,9,14,26H,3,7-8,10-13H2,1-2H3. The average molecular weight is 461 g/mol. The summed E-state index contributed by atoms with van der Waals surface area (Å²) >= 11 is 0. The summed E-state index contributed by atoms with van der Waals surface area (Å²) in [6, 6.07) is 4.58. The lowest BCUT2D eigenvalue weighted by Gasteiger charge is -2.50. The van der Waals surface area contributed by atoms with E-state index in [-0.39, 0.29) is 5.91 Å². The molecule has 2 aliphatic rings. The highest BCUT2D eigenvalue weighted by Crippen LogP contribution is 2.44. The third-order valence-electron chi connectivity index (χ3n) is 7.00. The molecule has 33 heavy (non-hydrogen) atoms. The van der Waals surface area contributed by atoms with Crippen molar-refractivity contribution in [1.82, 2.24) is 29.0 Å². The lowest BCUT2D eigenvalue weighted by atomic mass is 9.81. The predicted molar refractivity (Wildman–Crippen MR) is 116 cm³/mol. The van der Waals surface area contributed by atoms with E-state index in [9.17, 15) is 18.0 Å². The molecule has 5 rings (SSSR count). The highest BCUT2D eigenvalue weighted by atomic mass is 19.4. The second-order valence-electron chi connectivity index (χ2n) is 8.65. The number of likely N-dealkylation sites (tertiary alicyclic amines) is 1. The van der Waals surface area contributed by atoms with Crippen LogP contribution in [0.2, 0.25) is 0 Å². The molecule has 0 unspecified atom stereocenters. The van der Waals surface area contributed by atoms with Crippen LogP contribution < -0.4 is 5.32 Å². The predicted octanol–water partition coefficient (Wildman–Crippen LogP) is 3.06. The van der Waals surface area contributed by atoms with Crippen LogP contribution in [-0.4, -0.2) is 68.1 Å². The van der Waals surface area contributed by atoms with Gasteiger partial charge in [-0.05, 0) is 45.0 Å². The molecule has 1 N–H and O–H groups in total. The highest BCUT2D eigenvalue weighted by molar-refractivity contribution is 5.99. The van der Waals surface area contributed by atoms with Crippen LogP contribution in [-0.2, 0) is 18.3 Å². The van der Waals surface area contributed by atoms with Gasteiger partial charge in [0.1, 0.15) is 17.1 Å². The van der Waals surface area contributed by atoms with Crippen molar-refractivity contribution in [3.8, 4) is 0 Å². The van der Waals surface area contributed by atoms with Gasteiger partial charge in [-0.3, -0.25) is 9.69 Å². The Kier molecular flexibility index (Phi) is 5.11. The molecule has 0 atom stereocenters. The number of piperidine rings is 1. The van der Waals surface area contributed by atoms with Crippen LogP contribution in [0.25, 0.3) is 5.65 Å². The molecule has 1 saturated heterocycles. The van der Waals surface area contributed by atoms with Crippen LogP contribution in [0.3, 0.4) is 0 Å². The summed E-state index contributed by atoms with van der Waals surface area (Å²) in [5, 5.41) is 7.53. The maximum Gasteiger partial charge on any atom is 0.431 e. The third kappa shape index (κ3) is 3.36. The van der Waals surface area contributed by atoms with Gasteiger partial charge in [-0.25, -0.2) is 4.98 Å². The van der Waals surface area contributed by atoms with Gasteiger partial charge in [0, 0.05) is 44.6 Å². The summed E-state index contributed by atoms with van der Waals surface area (Å²) in [5.41, 5.74) is 0.472. The third-order valence-corrected chi connectivity index (χ3v) is 7.00. The molecular weight excluding hydrogens is 435 g/mol. The first-order chi connectivity index (χ1) is 15.8. The smallest absolute Gasteiger partial charge is 0.370 e. The van der Waals surface area contributed by atoms with Crippen molar-refractivity contribution in [3.05, 3.63) is 47.5 Å². The van der Waals surface area contributed by atoms with Crippen molar-refractivity contribution in [2.45, 2.75) is 38.0 Å². The van der Waals surface area contributed by atoms with E-state index in [2.05, 4.69) is 20.3 Å². The Morgan fingerprint density at radius 2 is 1.91 bits per heavy atom. The molecule has 1 amide bonds. The summed E-state index contributed by atoms with van der Waals surface area (Å²) in [4.78, 5) is 21.6. The largest absolute Gasteiger partial charge is 0.431 e. The van der Waals surface area contributed by atoms with Crippen molar-refractivity contribution >= 4 is 17.4 Å². The Hall–Kier alpha value is -3.08. The Balaban J connectivity index is 1.40. The number of carbonyl (C=O) groups excluding carboxylic acids is 1. The Morgan fingerprint density at radius 3 is 2.61 bits per heavy atom. The fourth-order valence-electron chi connectivity index (χ4n) is 5.27.